The van der Waals surface area contributed by atoms with E-state index in [1.807, 2.05) is 0 Å². The molecule has 1 aromatic carbocycles. The van der Waals surface area contributed by atoms with Crippen molar-refractivity contribution in [2.45, 2.75) is 6.18 Å². The zero-order valence-corrected chi connectivity index (χ0v) is 6.23. The molecule has 0 aliphatic heterocycles. The van der Waals surface area contributed by atoms with Gasteiger partial charge in [0.2, 0.25) is 0 Å². The zero-order valence-electron chi connectivity index (χ0n) is 6.23. The third-order valence-corrected chi connectivity index (χ3v) is 1.45. The van der Waals surface area contributed by atoms with Crippen LogP contribution < -0.4 is 0 Å². The van der Waals surface area contributed by atoms with Crippen molar-refractivity contribution in [3.63, 3.8) is 0 Å². The summed E-state index contributed by atoms with van der Waals surface area (Å²) in [6.45, 7) is 3.39. The molecule has 1 rings (SSSR count). The Morgan fingerprint density at radius 1 is 1.25 bits per heavy atom. The van der Waals surface area contributed by atoms with Gasteiger partial charge < -0.3 is 0 Å². The first-order valence-electron chi connectivity index (χ1n) is 3.34. The molecule has 0 saturated heterocycles. The minimum atomic E-state index is -4.26. The summed E-state index contributed by atoms with van der Waals surface area (Å²) in [4.78, 5) is 0. The smallest absolute Gasteiger partial charge is 0.166 e. The highest BCUT2D eigenvalue weighted by Gasteiger charge is 2.29. The van der Waals surface area contributed by atoms with Crippen LogP contribution in [0.5, 0.6) is 0 Å². The van der Waals surface area contributed by atoms with Crippen LogP contribution in [-0.4, -0.2) is 0 Å². The van der Waals surface area contributed by atoms with Gasteiger partial charge in [0.15, 0.2) is 0 Å². The van der Waals surface area contributed by atoms with Gasteiger partial charge in [-0.2, -0.15) is 13.2 Å². The summed E-state index contributed by atoms with van der Waals surface area (Å²) in [6.07, 6.45) is -2.88. The van der Waals surface area contributed by atoms with E-state index in [2.05, 4.69) is 6.58 Å². The molecule has 3 heteroatoms. The predicted molar refractivity (Wildman–Crippen MR) is 41.5 cm³/mol. The van der Waals surface area contributed by atoms with Gasteiger partial charge in [0, 0.05) is 0 Å². The van der Waals surface area contributed by atoms with Crippen molar-refractivity contribution in [3.8, 4) is 0 Å². The molecule has 12 heavy (non-hydrogen) atoms. The van der Waals surface area contributed by atoms with Crippen molar-refractivity contribution in [3.05, 3.63) is 42.0 Å². The standard InChI is InChI=1S/C9H7F3/c1-2-7-4-3-5-8(6-7)9(10,11)12/h2-6H,1H2. The van der Waals surface area contributed by atoms with Gasteiger partial charge in [-0.15, -0.1) is 0 Å². The Kier molecular flexibility index (Phi) is 2.22. The molecule has 0 amide bonds. The molecule has 0 radical (unpaired) electrons. The van der Waals surface area contributed by atoms with E-state index in [-0.39, 0.29) is 0 Å². The number of alkyl halides is 3. The maximum atomic E-state index is 12.1. The molecule has 0 aromatic heterocycles. The number of benzene rings is 1. The second-order valence-electron chi connectivity index (χ2n) is 2.33. The fourth-order valence-electron chi connectivity index (χ4n) is 0.842. The van der Waals surface area contributed by atoms with E-state index in [0.29, 0.717) is 5.56 Å². The Morgan fingerprint density at radius 2 is 1.92 bits per heavy atom. The van der Waals surface area contributed by atoms with E-state index < -0.39 is 11.7 Å². The second-order valence-corrected chi connectivity index (χ2v) is 2.33. The average molecular weight is 172 g/mol. The van der Waals surface area contributed by atoms with Crippen molar-refractivity contribution >= 4 is 6.08 Å². The topological polar surface area (TPSA) is 0 Å². The number of hydrogen-bond acceptors (Lipinski definition) is 0. The van der Waals surface area contributed by atoms with Gasteiger partial charge >= 0.3 is 6.18 Å². The molecule has 0 aliphatic carbocycles. The average Bonchev–Trinajstić information content (AvgIpc) is 2.03. The summed E-state index contributed by atoms with van der Waals surface area (Å²) in [5.41, 5.74) is -0.162. The first-order valence-corrected chi connectivity index (χ1v) is 3.34. The third-order valence-electron chi connectivity index (χ3n) is 1.45. The van der Waals surface area contributed by atoms with Gasteiger partial charge in [0.25, 0.3) is 0 Å². The summed E-state index contributed by atoms with van der Waals surface area (Å²) in [6, 6.07) is 5.03. The van der Waals surface area contributed by atoms with Gasteiger partial charge in [0.05, 0.1) is 5.56 Å². The zero-order chi connectivity index (χ0) is 9.19. The minimum Gasteiger partial charge on any atom is -0.166 e. The molecule has 64 valence electrons. The Morgan fingerprint density at radius 3 is 2.42 bits per heavy atom. The van der Waals surface area contributed by atoms with E-state index in [1.165, 1.54) is 12.1 Å². The Hall–Kier alpha value is -1.25. The first-order chi connectivity index (χ1) is 5.54. The SMILES string of the molecule is C=Cc1cccc(C(F)(F)F)c1. The highest BCUT2D eigenvalue weighted by Crippen LogP contribution is 2.29. The van der Waals surface area contributed by atoms with E-state index in [4.69, 9.17) is 0 Å². The summed E-state index contributed by atoms with van der Waals surface area (Å²) in [5, 5.41) is 0. The molecule has 0 N–H and O–H groups in total. The lowest BCUT2D eigenvalue weighted by Crippen LogP contribution is -2.04. The molecule has 0 unspecified atom stereocenters. The van der Waals surface area contributed by atoms with Crippen LogP contribution in [0, 0.1) is 0 Å². The van der Waals surface area contributed by atoms with Crippen LogP contribution in [0.1, 0.15) is 11.1 Å². The van der Waals surface area contributed by atoms with Crippen LogP contribution in [0.3, 0.4) is 0 Å². The Balaban J connectivity index is 3.10. The largest absolute Gasteiger partial charge is 0.416 e. The number of hydrogen-bond donors (Lipinski definition) is 0. The quantitative estimate of drug-likeness (QED) is 0.609. The van der Waals surface area contributed by atoms with Crippen LogP contribution in [-0.2, 0) is 6.18 Å². The van der Waals surface area contributed by atoms with E-state index in [0.717, 1.165) is 12.1 Å². The van der Waals surface area contributed by atoms with Crippen LogP contribution in [0.4, 0.5) is 13.2 Å². The summed E-state index contributed by atoms with van der Waals surface area (Å²) in [5.74, 6) is 0. The van der Waals surface area contributed by atoms with E-state index in [9.17, 15) is 13.2 Å². The van der Waals surface area contributed by atoms with Gasteiger partial charge in [-0.1, -0.05) is 24.8 Å². The van der Waals surface area contributed by atoms with Gasteiger partial charge in [-0.05, 0) is 17.7 Å². The molecular weight excluding hydrogens is 165 g/mol. The monoisotopic (exact) mass is 172 g/mol. The number of rotatable bonds is 1. The molecule has 0 atom stereocenters. The minimum absolute atomic E-state index is 0.477. The molecule has 0 bridgehead atoms. The molecule has 1 aromatic rings. The fourth-order valence-corrected chi connectivity index (χ4v) is 0.842. The lowest BCUT2D eigenvalue weighted by atomic mass is 10.1. The van der Waals surface area contributed by atoms with Gasteiger partial charge in [-0.3, -0.25) is 0 Å². The molecular formula is C9H7F3. The number of halogens is 3. The predicted octanol–water partition coefficient (Wildman–Crippen LogP) is 3.35. The summed E-state index contributed by atoms with van der Waals surface area (Å²) >= 11 is 0. The second kappa shape index (κ2) is 3.01. The molecule has 0 spiro atoms. The van der Waals surface area contributed by atoms with Crippen molar-refractivity contribution < 1.29 is 13.2 Å². The summed E-state index contributed by atoms with van der Waals surface area (Å²) < 4.78 is 36.2. The molecule has 0 nitrogen and oxygen atoms in total. The molecule has 0 fully saturated rings. The van der Waals surface area contributed by atoms with Gasteiger partial charge in [-0.25, -0.2) is 0 Å². The molecule has 0 aliphatic rings. The van der Waals surface area contributed by atoms with E-state index in [1.54, 1.807) is 6.07 Å². The van der Waals surface area contributed by atoms with Crippen LogP contribution in [0.2, 0.25) is 0 Å². The first kappa shape index (κ1) is 8.84. The van der Waals surface area contributed by atoms with Gasteiger partial charge in [0.1, 0.15) is 0 Å². The molecule has 0 heterocycles. The highest BCUT2D eigenvalue weighted by molar-refractivity contribution is 5.48. The molecule has 0 saturated carbocycles. The lowest BCUT2D eigenvalue weighted by Gasteiger charge is -2.06. The summed E-state index contributed by atoms with van der Waals surface area (Å²) in [7, 11) is 0. The normalized spacial score (nSPS) is 11.2. The van der Waals surface area contributed by atoms with Crippen LogP contribution in [0.25, 0.3) is 6.08 Å². The van der Waals surface area contributed by atoms with Crippen molar-refractivity contribution in [1.82, 2.24) is 0 Å². The van der Waals surface area contributed by atoms with Crippen LogP contribution in [0.15, 0.2) is 30.8 Å². The Labute approximate surface area is 68.3 Å². The van der Waals surface area contributed by atoms with Crippen molar-refractivity contribution in [1.29, 1.82) is 0 Å². The van der Waals surface area contributed by atoms with Crippen LogP contribution >= 0.6 is 0 Å². The maximum absolute atomic E-state index is 12.1. The highest BCUT2D eigenvalue weighted by atomic mass is 19.4. The van der Waals surface area contributed by atoms with Crippen molar-refractivity contribution in [2.24, 2.45) is 0 Å². The van der Waals surface area contributed by atoms with Crippen molar-refractivity contribution in [2.75, 3.05) is 0 Å². The fraction of sp³-hybridized carbons (Fsp3) is 0.111. The third kappa shape index (κ3) is 1.87. The van der Waals surface area contributed by atoms with E-state index >= 15 is 0 Å². The maximum Gasteiger partial charge on any atom is 0.416 e. The lowest BCUT2D eigenvalue weighted by molar-refractivity contribution is -0.137. The Bertz CT molecular complexity index is 286.